The Bertz CT molecular complexity index is 175. The van der Waals surface area contributed by atoms with Crippen molar-refractivity contribution in [3.05, 3.63) is 12.2 Å². The number of hydrogen-bond acceptors (Lipinski definition) is 4. The van der Waals surface area contributed by atoms with Crippen molar-refractivity contribution >= 4 is 11.9 Å². The smallest absolute Gasteiger partial charge is 0.545 e. The van der Waals surface area contributed by atoms with Gasteiger partial charge in [-0.1, -0.05) is 6.58 Å². The van der Waals surface area contributed by atoms with Gasteiger partial charge in [-0.05, 0) is 5.57 Å². The number of carboxylic acids is 1. The SMILES string of the molecule is C=C(CC(=O)OC)C(=O)[O-].[Na+]. The summed E-state index contributed by atoms with van der Waals surface area (Å²) >= 11 is 0. The minimum Gasteiger partial charge on any atom is -0.545 e. The molecular formula is C6H7NaO4. The number of carbonyl (C=O) groups is 2. The van der Waals surface area contributed by atoms with E-state index in [9.17, 15) is 14.7 Å². The average molecular weight is 166 g/mol. The first kappa shape index (κ1) is 13.3. The van der Waals surface area contributed by atoms with Gasteiger partial charge in [0, 0.05) is 0 Å². The van der Waals surface area contributed by atoms with Crippen LogP contribution in [-0.4, -0.2) is 19.0 Å². The molecule has 5 heteroatoms. The molecular weight excluding hydrogens is 159 g/mol. The Labute approximate surface area is 86.5 Å². The Kier molecular flexibility index (Phi) is 7.72. The first-order valence-corrected chi connectivity index (χ1v) is 2.54. The Morgan fingerprint density at radius 2 is 2.00 bits per heavy atom. The predicted octanol–water partition coefficient (Wildman–Crippen LogP) is -4.14. The van der Waals surface area contributed by atoms with Crippen molar-refractivity contribution in [2.75, 3.05) is 7.11 Å². The van der Waals surface area contributed by atoms with Gasteiger partial charge in [0.1, 0.15) is 0 Å². The third-order valence-electron chi connectivity index (χ3n) is 0.874. The van der Waals surface area contributed by atoms with Gasteiger partial charge in [0.25, 0.3) is 0 Å². The van der Waals surface area contributed by atoms with Gasteiger partial charge >= 0.3 is 35.5 Å². The first-order valence-electron chi connectivity index (χ1n) is 2.54. The van der Waals surface area contributed by atoms with Crippen molar-refractivity contribution in [3.8, 4) is 0 Å². The van der Waals surface area contributed by atoms with Gasteiger partial charge in [0.15, 0.2) is 0 Å². The zero-order valence-corrected chi connectivity index (χ0v) is 8.55. The molecule has 0 amide bonds. The van der Waals surface area contributed by atoms with Gasteiger partial charge in [0.2, 0.25) is 0 Å². The molecule has 56 valence electrons. The van der Waals surface area contributed by atoms with Crippen molar-refractivity contribution in [2.45, 2.75) is 6.42 Å². The maximum atomic E-state index is 10.4. The van der Waals surface area contributed by atoms with Crippen LogP contribution in [0.1, 0.15) is 6.42 Å². The summed E-state index contributed by atoms with van der Waals surface area (Å²) in [7, 11) is 1.17. The van der Waals surface area contributed by atoms with E-state index in [-0.39, 0.29) is 41.6 Å². The molecule has 0 radical (unpaired) electrons. The van der Waals surface area contributed by atoms with Gasteiger partial charge in [-0.3, -0.25) is 4.79 Å². The van der Waals surface area contributed by atoms with Gasteiger partial charge in [-0.25, -0.2) is 0 Å². The molecule has 0 fully saturated rings. The second kappa shape index (κ2) is 6.39. The molecule has 0 unspecified atom stereocenters. The summed E-state index contributed by atoms with van der Waals surface area (Å²) in [4.78, 5) is 20.3. The summed E-state index contributed by atoms with van der Waals surface area (Å²) in [5, 5.41) is 9.93. The van der Waals surface area contributed by atoms with Crippen LogP contribution >= 0.6 is 0 Å². The molecule has 0 bridgehead atoms. The zero-order chi connectivity index (χ0) is 8.15. The fourth-order valence-electron chi connectivity index (χ4n) is 0.319. The Hall–Kier alpha value is -0.320. The molecule has 0 heterocycles. The summed E-state index contributed by atoms with van der Waals surface area (Å²) in [5.41, 5.74) is -0.271. The number of hydrogen-bond donors (Lipinski definition) is 0. The summed E-state index contributed by atoms with van der Waals surface area (Å²) in [6, 6.07) is 0. The minimum atomic E-state index is -1.43. The number of esters is 1. The van der Waals surface area contributed by atoms with Crippen LogP contribution in [0.2, 0.25) is 0 Å². The third-order valence-corrected chi connectivity index (χ3v) is 0.874. The van der Waals surface area contributed by atoms with Crippen molar-refractivity contribution in [1.29, 1.82) is 0 Å². The van der Waals surface area contributed by atoms with E-state index in [0.717, 1.165) is 0 Å². The van der Waals surface area contributed by atoms with Gasteiger partial charge in [0.05, 0.1) is 19.5 Å². The molecule has 0 N–H and O–H groups in total. The summed E-state index contributed by atoms with van der Waals surface area (Å²) in [5.74, 6) is -2.06. The number of carboxylic acid groups (broad SMARTS) is 1. The molecule has 0 saturated heterocycles. The van der Waals surface area contributed by atoms with Crippen LogP contribution in [0, 0.1) is 0 Å². The van der Waals surface area contributed by atoms with Crippen LogP contribution in [0.25, 0.3) is 0 Å². The van der Waals surface area contributed by atoms with Gasteiger partial charge < -0.3 is 14.6 Å². The standard InChI is InChI=1S/C6H8O4.Na/c1-4(6(8)9)3-5(7)10-2;/h1,3H2,2H3,(H,8,9);/q;+1/p-1. The van der Waals surface area contributed by atoms with E-state index in [2.05, 4.69) is 11.3 Å². The molecule has 0 aliphatic rings. The molecule has 0 spiro atoms. The van der Waals surface area contributed by atoms with E-state index in [1.807, 2.05) is 0 Å². The van der Waals surface area contributed by atoms with Crippen molar-refractivity contribution < 1.29 is 49.0 Å². The van der Waals surface area contributed by atoms with E-state index in [1.54, 1.807) is 0 Å². The van der Waals surface area contributed by atoms with E-state index in [4.69, 9.17) is 0 Å². The maximum Gasteiger partial charge on any atom is 1.00 e. The molecule has 0 aliphatic heterocycles. The minimum absolute atomic E-state index is 0. The second-order valence-corrected chi connectivity index (χ2v) is 1.64. The van der Waals surface area contributed by atoms with Crippen molar-refractivity contribution in [3.63, 3.8) is 0 Å². The van der Waals surface area contributed by atoms with Crippen LogP contribution in [0.3, 0.4) is 0 Å². The quantitative estimate of drug-likeness (QED) is 0.242. The normalized spacial score (nSPS) is 7.73. The molecule has 0 aromatic heterocycles. The number of carbonyl (C=O) groups excluding carboxylic acids is 2. The van der Waals surface area contributed by atoms with Crippen molar-refractivity contribution in [1.82, 2.24) is 0 Å². The summed E-state index contributed by atoms with van der Waals surface area (Å²) in [6.07, 6.45) is -0.321. The first-order chi connectivity index (χ1) is 4.57. The molecule has 4 nitrogen and oxygen atoms in total. The Morgan fingerprint density at radius 3 is 2.27 bits per heavy atom. The van der Waals surface area contributed by atoms with Crippen LogP contribution < -0.4 is 34.7 Å². The molecule has 11 heavy (non-hydrogen) atoms. The van der Waals surface area contributed by atoms with Crippen LogP contribution in [-0.2, 0) is 14.3 Å². The molecule has 0 rings (SSSR count). The molecule has 0 atom stereocenters. The van der Waals surface area contributed by atoms with Crippen LogP contribution in [0.4, 0.5) is 0 Å². The molecule has 0 aromatic rings. The zero-order valence-electron chi connectivity index (χ0n) is 6.55. The van der Waals surface area contributed by atoms with Gasteiger partial charge in [-0.2, -0.15) is 0 Å². The van der Waals surface area contributed by atoms with E-state index >= 15 is 0 Å². The average Bonchev–Trinajstić information content (AvgIpc) is 1.87. The Morgan fingerprint density at radius 1 is 1.55 bits per heavy atom. The second-order valence-electron chi connectivity index (χ2n) is 1.64. The van der Waals surface area contributed by atoms with E-state index in [1.165, 1.54) is 7.11 Å². The fourth-order valence-corrected chi connectivity index (χ4v) is 0.319. The summed E-state index contributed by atoms with van der Waals surface area (Å²) in [6.45, 7) is 3.08. The fraction of sp³-hybridized carbons (Fsp3) is 0.333. The topological polar surface area (TPSA) is 66.4 Å². The van der Waals surface area contributed by atoms with Crippen LogP contribution in [0.5, 0.6) is 0 Å². The number of ether oxygens (including phenoxy) is 1. The molecule has 0 saturated carbocycles. The number of rotatable bonds is 3. The maximum absolute atomic E-state index is 10.4. The largest absolute Gasteiger partial charge is 1.00 e. The molecule has 0 aromatic carbocycles. The number of aliphatic carboxylic acids is 1. The number of methoxy groups -OCH3 is 1. The molecule has 0 aliphatic carbocycles. The van der Waals surface area contributed by atoms with Gasteiger partial charge in [-0.15, -0.1) is 0 Å². The summed E-state index contributed by atoms with van der Waals surface area (Å²) < 4.78 is 4.18. The Balaban J connectivity index is 0. The van der Waals surface area contributed by atoms with E-state index in [0.29, 0.717) is 0 Å². The monoisotopic (exact) mass is 166 g/mol. The van der Waals surface area contributed by atoms with Crippen LogP contribution in [0.15, 0.2) is 12.2 Å². The predicted molar refractivity (Wildman–Crippen MR) is 30.8 cm³/mol. The van der Waals surface area contributed by atoms with E-state index < -0.39 is 11.9 Å². The third kappa shape index (κ3) is 6.09. The van der Waals surface area contributed by atoms with Crippen molar-refractivity contribution in [2.24, 2.45) is 0 Å².